The van der Waals surface area contributed by atoms with Gasteiger partial charge in [0.05, 0.1) is 24.6 Å². The van der Waals surface area contributed by atoms with Gasteiger partial charge in [-0.2, -0.15) is 0 Å². The summed E-state index contributed by atoms with van der Waals surface area (Å²) in [6, 6.07) is 6.83. The Labute approximate surface area is 169 Å². The average molecular weight is 395 g/mol. The molecule has 2 heterocycles. The number of esters is 1. The number of imidazole rings is 1. The number of Topliss-reactive ketones (excluding diaryl/α,β-unsaturated/α-hetero) is 1. The van der Waals surface area contributed by atoms with Crippen LogP contribution in [0.4, 0.5) is 0 Å². The second kappa shape index (κ2) is 10.3. The first-order valence-electron chi connectivity index (χ1n) is 9.59. The molecule has 1 aromatic carbocycles. The molecule has 0 N–H and O–H groups in total. The zero-order valence-corrected chi connectivity index (χ0v) is 17.1. The first-order chi connectivity index (χ1) is 14.1. The summed E-state index contributed by atoms with van der Waals surface area (Å²) in [6.45, 7) is 5.99. The van der Waals surface area contributed by atoms with E-state index in [-0.39, 0.29) is 23.9 Å². The molecule has 3 aromatic rings. The number of benzene rings is 1. The number of hydrogen-bond donors (Lipinski definition) is 0. The summed E-state index contributed by atoms with van der Waals surface area (Å²) in [4.78, 5) is 43.7. The fraction of sp³-hybridized carbons (Fsp3) is 0.318. The third kappa shape index (κ3) is 4.93. The van der Waals surface area contributed by atoms with Crippen molar-refractivity contribution < 1.29 is 19.1 Å². The second-order valence-corrected chi connectivity index (χ2v) is 6.06. The van der Waals surface area contributed by atoms with Crippen LogP contribution >= 0.6 is 0 Å². The maximum Gasteiger partial charge on any atom is 0.337 e. The molecule has 152 valence electrons. The lowest BCUT2D eigenvalue weighted by molar-refractivity contribution is 0.0600. The summed E-state index contributed by atoms with van der Waals surface area (Å²) in [6.07, 6.45) is 5.17. The van der Waals surface area contributed by atoms with Gasteiger partial charge in [0.2, 0.25) is 0 Å². The van der Waals surface area contributed by atoms with Crippen LogP contribution in [-0.2, 0) is 17.6 Å². The van der Waals surface area contributed by atoms with E-state index in [0.717, 1.165) is 17.5 Å². The highest BCUT2D eigenvalue weighted by Gasteiger charge is 2.14. The minimum Gasteiger partial charge on any atom is -0.465 e. The summed E-state index contributed by atoms with van der Waals surface area (Å²) >= 11 is 0. The number of aryl methyl sites for hydroxylation is 2. The number of hydrogen-bond acceptors (Lipinski definition) is 6. The number of carbonyl (C=O) groups excluding carboxylic acids is 3. The van der Waals surface area contributed by atoms with Gasteiger partial charge in [0.15, 0.2) is 17.7 Å². The van der Waals surface area contributed by atoms with Crippen molar-refractivity contribution in [2.75, 3.05) is 7.11 Å². The summed E-state index contributed by atoms with van der Waals surface area (Å²) in [5.74, 6) is -0.534. The van der Waals surface area contributed by atoms with Crippen molar-refractivity contribution in [3.8, 4) is 0 Å². The van der Waals surface area contributed by atoms with E-state index in [2.05, 4.69) is 9.97 Å². The Morgan fingerprint density at radius 2 is 1.93 bits per heavy atom. The fourth-order valence-electron chi connectivity index (χ4n) is 2.99. The van der Waals surface area contributed by atoms with Gasteiger partial charge >= 0.3 is 5.97 Å². The number of carbonyl (C=O) groups is 3. The molecule has 3 rings (SSSR count). The molecular formula is C22H25N3O4. The van der Waals surface area contributed by atoms with Crippen LogP contribution in [0.1, 0.15) is 69.7 Å². The number of aldehydes is 1. The van der Waals surface area contributed by atoms with Gasteiger partial charge in [-0.25, -0.2) is 14.8 Å². The minimum absolute atomic E-state index is 0.152. The standard InChI is InChI=1S/C20H19N3O4.C2H6/c1-3-13-8-15(20(26)27-2)5-4-14(13)6-7-18(25)17-9-16(11-24)23-12-21-10-19(23)22-17;1-2/h4-5,8-12H,3,6-7H2,1-2H3;1-2H3. The predicted molar refractivity (Wildman–Crippen MR) is 110 cm³/mol. The van der Waals surface area contributed by atoms with E-state index in [1.54, 1.807) is 12.1 Å². The Morgan fingerprint density at radius 1 is 1.17 bits per heavy atom. The minimum atomic E-state index is -0.382. The Balaban J connectivity index is 0.00000145. The lowest BCUT2D eigenvalue weighted by Crippen LogP contribution is -2.09. The molecule has 7 heteroatoms. The van der Waals surface area contributed by atoms with E-state index in [1.165, 1.54) is 30.1 Å². The lowest BCUT2D eigenvalue weighted by atomic mass is 9.97. The number of rotatable bonds is 7. The van der Waals surface area contributed by atoms with Gasteiger partial charge in [0, 0.05) is 6.42 Å². The van der Waals surface area contributed by atoms with Crippen molar-refractivity contribution in [1.82, 2.24) is 14.4 Å². The summed E-state index contributed by atoms with van der Waals surface area (Å²) < 4.78 is 6.28. The molecule has 0 unspecified atom stereocenters. The SMILES string of the molecule is CC.CCc1cc(C(=O)OC)ccc1CCC(=O)c1cc(C=O)n2cncc2n1. The Bertz CT molecular complexity index is 1020. The molecular weight excluding hydrogens is 370 g/mol. The Kier molecular flexibility index (Phi) is 7.77. The molecule has 2 aromatic heterocycles. The normalized spacial score (nSPS) is 10.2. The summed E-state index contributed by atoms with van der Waals surface area (Å²) in [7, 11) is 1.35. The highest BCUT2D eigenvalue weighted by Crippen LogP contribution is 2.17. The highest BCUT2D eigenvalue weighted by molar-refractivity contribution is 5.96. The second-order valence-electron chi connectivity index (χ2n) is 6.06. The van der Waals surface area contributed by atoms with Gasteiger partial charge < -0.3 is 4.74 Å². The van der Waals surface area contributed by atoms with Crippen LogP contribution in [0.5, 0.6) is 0 Å². The lowest BCUT2D eigenvalue weighted by Gasteiger charge is -2.10. The molecule has 7 nitrogen and oxygen atoms in total. The summed E-state index contributed by atoms with van der Waals surface area (Å²) in [5.41, 5.74) is 3.53. The van der Waals surface area contributed by atoms with Crippen LogP contribution in [0, 0.1) is 0 Å². The molecule has 0 atom stereocenters. The van der Waals surface area contributed by atoms with Crippen molar-refractivity contribution >= 4 is 23.7 Å². The van der Waals surface area contributed by atoms with Gasteiger partial charge in [-0.1, -0.05) is 26.8 Å². The molecule has 0 saturated carbocycles. The number of ketones is 1. The van der Waals surface area contributed by atoms with Gasteiger partial charge in [-0.15, -0.1) is 0 Å². The third-order valence-corrected chi connectivity index (χ3v) is 4.45. The molecule has 0 aliphatic rings. The number of nitrogens with zero attached hydrogens (tertiary/aromatic N) is 3. The predicted octanol–water partition coefficient (Wildman–Crippen LogP) is 3.73. The molecule has 0 radical (unpaired) electrons. The number of ether oxygens (including phenoxy) is 1. The average Bonchev–Trinajstić information content (AvgIpc) is 3.26. The van der Waals surface area contributed by atoms with Crippen molar-refractivity contribution in [1.29, 1.82) is 0 Å². The molecule has 0 fully saturated rings. The third-order valence-electron chi connectivity index (χ3n) is 4.45. The van der Waals surface area contributed by atoms with Crippen LogP contribution in [-0.4, -0.2) is 39.5 Å². The molecule has 0 spiro atoms. The van der Waals surface area contributed by atoms with E-state index < -0.39 is 0 Å². The molecule has 0 amide bonds. The van der Waals surface area contributed by atoms with E-state index in [1.807, 2.05) is 26.8 Å². The highest BCUT2D eigenvalue weighted by atomic mass is 16.5. The van der Waals surface area contributed by atoms with E-state index >= 15 is 0 Å². The van der Waals surface area contributed by atoms with E-state index in [9.17, 15) is 14.4 Å². The Morgan fingerprint density at radius 3 is 2.59 bits per heavy atom. The first-order valence-corrected chi connectivity index (χ1v) is 9.59. The topological polar surface area (TPSA) is 90.6 Å². The van der Waals surface area contributed by atoms with Crippen molar-refractivity contribution in [2.45, 2.75) is 40.0 Å². The van der Waals surface area contributed by atoms with Crippen LogP contribution in [0.15, 0.2) is 36.8 Å². The van der Waals surface area contributed by atoms with E-state index in [0.29, 0.717) is 29.6 Å². The zero-order valence-electron chi connectivity index (χ0n) is 17.1. The number of aromatic nitrogens is 3. The van der Waals surface area contributed by atoms with Crippen molar-refractivity contribution in [3.05, 3.63) is 64.9 Å². The Hall–Kier alpha value is -3.35. The molecule has 0 aliphatic carbocycles. The van der Waals surface area contributed by atoms with Crippen LogP contribution < -0.4 is 0 Å². The maximum atomic E-state index is 12.6. The van der Waals surface area contributed by atoms with Gasteiger partial charge in [-0.3, -0.25) is 14.0 Å². The maximum absolute atomic E-state index is 12.6. The zero-order chi connectivity index (χ0) is 21.4. The quantitative estimate of drug-likeness (QED) is 0.344. The van der Waals surface area contributed by atoms with Gasteiger partial charge in [0.1, 0.15) is 12.0 Å². The monoisotopic (exact) mass is 395 g/mol. The fourth-order valence-corrected chi connectivity index (χ4v) is 2.99. The van der Waals surface area contributed by atoms with Gasteiger partial charge in [0.25, 0.3) is 0 Å². The largest absolute Gasteiger partial charge is 0.465 e. The number of methoxy groups -OCH3 is 1. The summed E-state index contributed by atoms with van der Waals surface area (Å²) in [5, 5.41) is 0. The van der Waals surface area contributed by atoms with Gasteiger partial charge in [-0.05, 0) is 42.2 Å². The molecule has 0 bridgehead atoms. The van der Waals surface area contributed by atoms with Crippen LogP contribution in [0.3, 0.4) is 0 Å². The van der Waals surface area contributed by atoms with Crippen molar-refractivity contribution in [3.63, 3.8) is 0 Å². The molecule has 0 saturated heterocycles. The smallest absolute Gasteiger partial charge is 0.337 e. The molecule has 0 aliphatic heterocycles. The van der Waals surface area contributed by atoms with Crippen molar-refractivity contribution in [2.24, 2.45) is 0 Å². The van der Waals surface area contributed by atoms with Crippen LogP contribution in [0.2, 0.25) is 0 Å². The van der Waals surface area contributed by atoms with Crippen LogP contribution in [0.25, 0.3) is 5.65 Å². The number of fused-ring (bicyclic) bond motifs is 1. The van der Waals surface area contributed by atoms with E-state index in [4.69, 9.17) is 4.74 Å². The molecule has 29 heavy (non-hydrogen) atoms. The first kappa shape index (κ1) is 21.9.